The molecule has 2 heterocycles. The Hall–Kier alpha value is -2.19. The third-order valence-electron chi connectivity index (χ3n) is 3.09. The molecule has 1 aromatic heterocycles. The number of nitrogens with one attached hydrogen (secondary N) is 1. The molecular weight excluding hydrogens is 382 g/mol. The molecule has 0 saturated carbocycles. The molecular formula is C15H12BrN3O3S. The molecule has 2 aromatic rings. The lowest BCUT2D eigenvalue weighted by Crippen LogP contribution is -2.44. The molecule has 0 atom stereocenters. The third kappa shape index (κ3) is 3.77. The van der Waals surface area contributed by atoms with E-state index in [0.717, 1.165) is 8.66 Å². The van der Waals surface area contributed by atoms with E-state index in [0.29, 0.717) is 11.4 Å². The lowest BCUT2D eigenvalue weighted by atomic mass is 10.2. The maximum atomic E-state index is 12.0. The third-order valence-corrected chi connectivity index (χ3v) is 4.64. The maximum Gasteiger partial charge on any atom is 0.265 e. The van der Waals surface area contributed by atoms with Crippen molar-refractivity contribution in [3.8, 4) is 5.75 Å². The van der Waals surface area contributed by atoms with Crippen LogP contribution < -0.4 is 15.1 Å². The van der Waals surface area contributed by atoms with Crippen LogP contribution in [0.3, 0.4) is 0 Å². The second-order valence-electron chi connectivity index (χ2n) is 4.67. The van der Waals surface area contributed by atoms with Gasteiger partial charge in [0.2, 0.25) is 0 Å². The number of carbonyl (C=O) groups excluding carboxylic acids is 2. The maximum absolute atomic E-state index is 12.0. The summed E-state index contributed by atoms with van der Waals surface area (Å²) >= 11 is 4.86. The number of hydrogen-bond donors (Lipinski definition) is 1. The minimum Gasteiger partial charge on any atom is -0.482 e. The van der Waals surface area contributed by atoms with Gasteiger partial charge in [-0.3, -0.25) is 14.5 Å². The summed E-state index contributed by atoms with van der Waals surface area (Å²) in [7, 11) is 0. The van der Waals surface area contributed by atoms with Gasteiger partial charge in [-0.2, -0.15) is 5.10 Å². The van der Waals surface area contributed by atoms with Crippen LogP contribution in [0.15, 0.2) is 45.3 Å². The van der Waals surface area contributed by atoms with Crippen molar-refractivity contribution in [1.29, 1.82) is 0 Å². The topological polar surface area (TPSA) is 71.0 Å². The fourth-order valence-electron chi connectivity index (χ4n) is 2.07. The van der Waals surface area contributed by atoms with Gasteiger partial charge in [-0.05, 0) is 40.2 Å². The number of nitrogens with zero attached hydrogens (tertiary/aromatic N) is 2. The number of para-hydroxylation sites is 2. The highest BCUT2D eigenvalue weighted by atomic mass is 79.9. The number of benzene rings is 1. The van der Waals surface area contributed by atoms with Crippen molar-refractivity contribution >= 4 is 51.0 Å². The number of hydrogen-bond acceptors (Lipinski definition) is 5. The molecule has 0 radical (unpaired) electrons. The van der Waals surface area contributed by atoms with E-state index in [-0.39, 0.29) is 25.0 Å². The first-order valence-electron chi connectivity index (χ1n) is 6.73. The molecule has 2 amide bonds. The number of fused-ring (bicyclic) bond motifs is 1. The Labute approximate surface area is 144 Å². The summed E-state index contributed by atoms with van der Waals surface area (Å²) in [5, 5.41) is 3.90. The Bertz CT molecular complexity index is 775. The average molecular weight is 394 g/mol. The van der Waals surface area contributed by atoms with Gasteiger partial charge in [0, 0.05) is 4.88 Å². The van der Waals surface area contributed by atoms with E-state index in [4.69, 9.17) is 4.74 Å². The molecule has 3 rings (SSSR count). The van der Waals surface area contributed by atoms with E-state index in [2.05, 4.69) is 26.5 Å². The van der Waals surface area contributed by atoms with E-state index < -0.39 is 0 Å². The number of hydrazone groups is 1. The number of anilines is 1. The molecule has 118 valence electrons. The number of thiophene rings is 1. The summed E-state index contributed by atoms with van der Waals surface area (Å²) in [5.74, 6) is -0.0428. The average Bonchev–Trinajstić information content (AvgIpc) is 2.96. The Kier molecular flexibility index (Phi) is 4.73. The second-order valence-corrected chi connectivity index (χ2v) is 7.17. The van der Waals surface area contributed by atoms with Gasteiger partial charge in [-0.15, -0.1) is 11.3 Å². The normalized spacial score (nSPS) is 13.8. The van der Waals surface area contributed by atoms with Gasteiger partial charge < -0.3 is 4.74 Å². The van der Waals surface area contributed by atoms with Crippen molar-refractivity contribution in [2.45, 2.75) is 0 Å². The van der Waals surface area contributed by atoms with Crippen LogP contribution in [0.4, 0.5) is 5.69 Å². The highest BCUT2D eigenvalue weighted by Gasteiger charge is 2.26. The Balaban J connectivity index is 1.63. The van der Waals surface area contributed by atoms with Crippen molar-refractivity contribution in [2.24, 2.45) is 5.10 Å². The van der Waals surface area contributed by atoms with E-state index in [1.165, 1.54) is 16.2 Å². The monoisotopic (exact) mass is 393 g/mol. The van der Waals surface area contributed by atoms with Crippen LogP contribution in [0, 0.1) is 0 Å². The van der Waals surface area contributed by atoms with Crippen LogP contribution in [0.5, 0.6) is 5.75 Å². The van der Waals surface area contributed by atoms with Gasteiger partial charge in [0.15, 0.2) is 6.61 Å². The molecule has 0 bridgehead atoms. The summed E-state index contributed by atoms with van der Waals surface area (Å²) < 4.78 is 6.32. The molecule has 0 spiro atoms. The summed E-state index contributed by atoms with van der Waals surface area (Å²) in [4.78, 5) is 26.3. The van der Waals surface area contributed by atoms with Crippen LogP contribution in [0.25, 0.3) is 0 Å². The zero-order chi connectivity index (χ0) is 16.2. The predicted molar refractivity (Wildman–Crippen MR) is 92.0 cm³/mol. The molecule has 1 aliphatic rings. The lowest BCUT2D eigenvalue weighted by molar-refractivity contribution is -0.125. The molecule has 0 aliphatic carbocycles. The molecule has 0 saturated heterocycles. The van der Waals surface area contributed by atoms with E-state index in [1.807, 2.05) is 18.2 Å². The summed E-state index contributed by atoms with van der Waals surface area (Å²) in [5.41, 5.74) is 3.01. The highest BCUT2D eigenvalue weighted by molar-refractivity contribution is 9.11. The highest BCUT2D eigenvalue weighted by Crippen LogP contribution is 2.31. The van der Waals surface area contributed by atoms with Crippen molar-refractivity contribution in [3.63, 3.8) is 0 Å². The fourth-order valence-corrected chi connectivity index (χ4v) is 3.37. The Morgan fingerprint density at radius 3 is 3.00 bits per heavy atom. The summed E-state index contributed by atoms with van der Waals surface area (Å²) in [6.07, 6.45) is 1.56. The molecule has 23 heavy (non-hydrogen) atoms. The van der Waals surface area contributed by atoms with Crippen LogP contribution >= 0.6 is 27.3 Å². The first-order chi connectivity index (χ1) is 11.1. The van der Waals surface area contributed by atoms with Gasteiger partial charge in [0.25, 0.3) is 11.8 Å². The number of halogens is 1. The standard InChI is InChI=1S/C15H12BrN3O3S/c16-13-6-5-10(23-13)7-17-18-14(20)8-19-11-3-1-2-4-12(11)22-9-15(19)21/h1-7H,8-9H2,(H,18,20)/b17-7-. The van der Waals surface area contributed by atoms with Gasteiger partial charge in [-0.25, -0.2) is 5.43 Å². The Morgan fingerprint density at radius 2 is 2.22 bits per heavy atom. The van der Waals surface area contributed by atoms with Crippen molar-refractivity contribution in [3.05, 3.63) is 45.1 Å². The van der Waals surface area contributed by atoms with Gasteiger partial charge >= 0.3 is 0 Å². The van der Waals surface area contributed by atoms with Gasteiger partial charge in [-0.1, -0.05) is 12.1 Å². The van der Waals surface area contributed by atoms with Gasteiger partial charge in [0.05, 0.1) is 15.7 Å². The zero-order valence-corrected chi connectivity index (χ0v) is 14.3. The smallest absolute Gasteiger partial charge is 0.265 e. The summed E-state index contributed by atoms with van der Waals surface area (Å²) in [6.45, 7) is -0.179. The molecule has 1 aliphatic heterocycles. The largest absolute Gasteiger partial charge is 0.482 e. The van der Waals surface area contributed by atoms with Crippen molar-refractivity contribution in [1.82, 2.24) is 5.43 Å². The lowest BCUT2D eigenvalue weighted by Gasteiger charge is -2.28. The van der Waals surface area contributed by atoms with Crippen LogP contribution in [-0.4, -0.2) is 31.2 Å². The molecule has 6 nitrogen and oxygen atoms in total. The minimum absolute atomic E-state index is 0.0726. The predicted octanol–water partition coefficient (Wildman–Crippen LogP) is 2.39. The van der Waals surface area contributed by atoms with Crippen LogP contribution in [-0.2, 0) is 9.59 Å². The van der Waals surface area contributed by atoms with Crippen molar-refractivity contribution < 1.29 is 14.3 Å². The zero-order valence-electron chi connectivity index (χ0n) is 11.9. The first kappa shape index (κ1) is 15.7. The van der Waals surface area contributed by atoms with E-state index >= 15 is 0 Å². The number of ether oxygens (including phenoxy) is 1. The van der Waals surface area contributed by atoms with Gasteiger partial charge in [0.1, 0.15) is 12.3 Å². The fraction of sp³-hybridized carbons (Fsp3) is 0.133. The number of amides is 2. The van der Waals surface area contributed by atoms with E-state index in [9.17, 15) is 9.59 Å². The Morgan fingerprint density at radius 1 is 1.39 bits per heavy atom. The molecule has 0 fully saturated rings. The van der Waals surface area contributed by atoms with Crippen LogP contribution in [0.2, 0.25) is 0 Å². The molecule has 1 aromatic carbocycles. The molecule has 1 N–H and O–H groups in total. The minimum atomic E-state index is -0.373. The SMILES string of the molecule is O=C(CN1C(=O)COc2ccccc21)N/N=C\c1ccc(Br)s1. The second kappa shape index (κ2) is 6.93. The molecule has 0 unspecified atom stereocenters. The quantitative estimate of drug-likeness (QED) is 0.640. The van der Waals surface area contributed by atoms with Crippen LogP contribution in [0.1, 0.15) is 4.88 Å². The van der Waals surface area contributed by atoms with Crippen molar-refractivity contribution in [2.75, 3.05) is 18.1 Å². The first-order valence-corrected chi connectivity index (χ1v) is 8.34. The number of carbonyl (C=O) groups is 2. The molecule has 8 heteroatoms. The summed E-state index contributed by atoms with van der Waals surface area (Å²) in [6, 6.07) is 10.9. The van der Waals surface area contributed by atoms with E-state index in [1.54, 1.807) is 24.4 Å². The number of rotatable bonds is 4.